The average molecular weight is 271 g/mol. The standard InChI is InChI=1S/C13H25N3O3/c1-3-16-4-5-19-11(9-16)8-15-13(17)12-6-10(18-2)7-14-12/h10-12,14H,3-9H2,1-2H3,(H,15,17). The third kappa shape index (κ3) is 4.14. The van der Waals surface area contributed by atoms with Gasteiger partial charge in [0.15, 0.2) is 0 Å². The quantitative estimate of drug-likeness (QED) is 0.685. The zero-order chi connectivity index (χ0) is 13.7. The lowest BCUT2D eigenvalue weighted by Gasteiger charge is -2.32. The van der Waals surface area contributed by atoms with Crippen molar-refractivity contribution in [1.29, 1.82) is 0 Å². The Kier molecular flexibility index (Phi) is 5.57. The molecule has 6 nitrogen and oxygen atoms in total. The molecule has 2 aliphatic heterocycles. The monoisotopic (exact) mass is 271 g/mol. The summed E-state index contributed by atoms with van der Waals surface area (Å²) in [5.41, 5.74) is 0. The minimum Gasteiger partial charge on any atom is -0.380 e. The molecular formula is C13H25N3O3. The summed E-state index contributed by atoms with van der Waals surface area (Å²) >= 11 is 0. The van der Waals surface area contributed by atoms with Gasteiger partial charge in [-0.1, -0.05) is 6.92 Å². The van der Waals surface area contributed by atoms with Crippen molar-refractivity contribution in [2.45, 2.75) is 31.6 Å². The maximum Gasteiger partial charge on any atom is 0.237 e. The topological polar surface area (TPSA) is 62.8 Å². The number of methoxy groups -OCH3 is 1. The molecule has 2 N–H and O–H groups in total. The first-order valence-electron chi connectivity index (χ1n) is 7.10. The van der Waals surface area contributed by atoms with Crippen molar-refractivity contribution in [1.82, 2.24) is 15.5 Å². The van der Waals surface area contributed by atoms with Gasteiger partial charge in [-0.3, -0.25) is 9.69 Å². The number of carbonyl (C=O) groups is 1. The van der Waals surface area contributed by atoms with Crippen LogP contribution < -0.4 is 10.6 Å². The van der Waals surface area contributed by atoms with Crippen LogP contribution in [0.15, 0.2) is 0 Å². The summed E-state index contributed by atoms with van der Waals surface area (Å²) in [6.07, 6.45) is 1.00. The van der Waals surface area contributed by atoms with E-state index in [1.54, 1.807) is 7.11 Å². The number of hydrogen-bond acceptors (Lipinski definition) is 5. The van der Waals surface area contributed by atoms with Crippen LogP contribution in [0.25, 0.3) is 0 Å². The van der Waals surface area contributed by atoms with E-state index in [-0.39, 0.29) is 24.2 Å². The maximum absolute atomic E-state index is 12.0. The molecule has 1 amide bonds. The molecule has 0 spiro atoms. The third-order valence-corrected chi connectivity index (χ3v) is 3.91. The molecular weight excluding hydrogens is 246 g/mol. The summed E-state index contributed by atoms with van der Waals surface area (Å²) in [4.78, 5) is 14.3. The van der Waals surface area contributed by atoms with Gasteiger partial charge in [0, 0.05) is 33.3 Å². The van der Waals surface area contributed by atoms with Gasteiger partial charge in [-0.25, -0.2) is 0 Å². The van der Waals surface area contributed by atoms with Crippen LogP contribution in [-0.2, 0) is 14.3 Å². The van der Waals surface area contributed by atoms with E-state index in [0.29, 0.717) is 6.54 Å². The van der Waals surface area contributed by atoms with E-state index < -0.39 is 0 Å². The highest BCUT2D eigenvalue weighted by Gasteiger charge is 2.29. The Morgan fingerprint density at radius 2 is 2.42 bits per heavy atom. The van der Waals surface area contributed by atoms with E-state index >= 15 is 0 Å². The summed E-state index contributed by atoms with van der Waals surface area (Å²) in [6.45, 7) is 7.16. The molecule has 6 heteroatoms. The van der Waals surface area contributed by atoms with Gasteiger partial charge in [-0.05, 0) is 13.0 Å². The molecule has 2 fully saturated rings. The molecule has 2 saturated heterocycles. The predicted octanol–water partition coefficient (Wildman–Crippen LogP) is -0.800. The second-order valence-electron chi connectivity index (χ2n) is 5.19. The van der Waals surface area contributed by atoms with Crippen molar-refractivity contribution in [3.8, 4) is 0 Å². The van der Waals surface area contributed by atoms with Crippen molar-refractivity contribution in [3.63, 3.8) is 0 Å². The largest absolute Gasteiger partial charge is 0.380 e. The number of morpholine rings is 1. The number of carbonyl (C=O) groups excluding carboxylic acids is 1. The summed E-state index contributed by atoms with van der Waals surface area (Å²) < 4.78 is 10.9. The van der Waals surface area contributed by atoms with E-state index in [1.165, 1.54) is 0 Å². The SMILES string of the molecule is CCN1CCOC(CNC(=O)C2CC(OC)CN2)C1. The zero-order valence-electron chi connectivity index (χ0n) is 11.9. The Labute approximate surface area is 114 Å². The number of nitrogens with zero attached hydrogens (tertiary/aromatic N) is 1. The first kappa shape index (κ1) is 14.7. The maximum atomic E-state index is 12.0. The average Bonchev–Trinajstić information content (AvgIpc) is 2.94. The molecule has 0 aromatic heterocycles. The van der Waals surface area contributed by atoms with Crippen molar-refractivity contribution < 1.29 is 14.3 Å². The molecule has 19 heavy (non-hydrogen) atoms. The number of nitrogens with one attached hydrogen (secondary N) is 2. The van der Waals surface area contributed by atoms with E-state index in [9.17, 15) is 4.79 Å². The Hall–Kier alpha value is -0.690. The van der Waals surface area contributed by atoms with Gasteiger partial charge in [0.2, 0.25) is 5.91 Å². The number of ether oxygens (including phenoxy) is 2. The lowest BCUT2D eigenvalue weighted by molar-refractivity contribution is -0.124. The molecule has 3 unspecified atom stereocenters. The Morgan fingerprint density at radius 1 is 1.58 bits per heavy atom. The van der Waals surface area contributed by atoms with E-state index in [1.807, 2.05) is 0 Å². The summed E-state index contributed by atoms with van der Waals surface area (Å²) in [5, 5.41) is 6.15. The van der Waals surface area contributed by atoms with Gasteiger partial charge in [-0.2, -0.15) is 0 Å². The zero-order valence-corrected chi connectivity index (χ0v) is 11.9. The van der Waals surface area contributed by atoms with E-state index in [4.69, 9.17) is 9.47 Å². The lowest BCUT2D eigenvalue weighted by Crippen LogP contribution is -2.49. The van der Waals surface area contributed by atoms with E-state index in [0.717, 1.165) is 39.2 Å². The highest BCUT2D eigenvalue weighted by Crippen LogP contribution is 2.10. The van der Waals surface area contributed by atoms with Crippen LogP contribution in [0.5, 0.6) is 0 Å². The van der Waals surface area contributed by atoms with Crippen molar-refractivity contribution in [2.24, 2.45) is 0 Å². The second kappa shape index (κ2) is 7.19. The van der Waals surface area contributed by atoms with Crippen LogP contribution in [0.1, 0.15) is 13.3 Å². The highest BCUT2D eigenvalue weighted by atomic mass is 16.5. The van der Waals surface area contributed by atoms with Crippen LogP contribution in [0.2, 0.25) is 0 Å². The number of amides is 1. The second-order valence-corrected chi connectivity index (χ2v) is 5.19. The summed E-state index contributed by atoms with van der Waals surface area (Å²) in [7, 11) is 1.68. The van der Waals surface area contributed by atoms with Crippen LogP contribution in [-0.4, -0.2) is 75.5 Å². The molecule has 0 radical (unpaired) electrons. The van der Waals surface area contributed by atoms with E-state index in [2.05, 4.69) is 22.5 Å². The summed E-state index contributed by atoms with van der Waals surface area (Å²) in [5.74, 6) is 0.0526. The van der Waals surface area contributed by atoms with Crippen molar-refractivity contribution in [3.05, 3.63) is 0 Å². The van der Waals surface area contributed by atoms with Crippen LogP contribution in [0.3, 0.4) is 0 Å². The van der Waals surface area contributed by atoms with Crippen LogP contribution >= 0.6 is 0 Å². The number of likely N-dealkylation sites (N-methyl/N-ethyl adjacent to an activating group) is 1. The summed E-state index contributed by atoms with van der Waals surface area (Å²) in [6, 6.07) is -0.129. The predicted molar refractivity (Wildman–Crippen MR) is 72.1 cm³/mol. The molecule has 3 atom stereocenters. The fourth-order valence-electron chi connectivity index (χ4n) is 2.61. The fourth-order valence-corrected chi connectivity index (χ4v) is 2.61. The van der Waals surface area contributed by atoms with Gasteiger partial charge in [0.1, 0.15) is 0 Å². The van der Waals surface area contributed by atoms with Gasteiger partial charge in [0.25, 0.3) is 0 Å². The highest BCUT2D eigenvalue weighted by molar-refractivity contribution is 5.82. The molecule has 0 saturated carbocycles. The minimum atomic E-state index is -0.129. The molecule has 0 aromatic carbocycles. The first-order chi connectivity index (χ1) is 9.22. The minimum absolute atomic E-state index is 0.0526. The first-order valence-corrected chi connectivity index (χ1v) is 7.10. The van der Waals surface area contributed by atoms with Gasteiger partial charge < -0.3 is 20.1 Å². The Balaban J connectivity index is 1.69. The van der Waals surface area contributed by atoms with Gasteiger partial charge in [0.05, 0.1) is 24.9 Å². The van der Waals surface area contributed by atoms with Crippen LogP contribution in [0, 0.1) is 0 Å². The normalized spacial score (nSPS) is 32.4. The molecule has 2 aliphatic rings. The van der Waals surface area contributed by atoms with Crippen molar-refractivity contribution in [2.75, 3.05) is 46.4 Å². The lowest BCUT2D eigenvalue weighted by atomic mass is 10.2. The third-order valence-electron chi connectivity index (χ3n) is 3.91. The van der Waals surface area contributed by atoms with Gasteiger partial charge in [-0.15, -0.1) is 0 Å². The number of rotatable bonds is 5. The fraction of sp³-hybridized carbons (Fsp3) is 0.923. The Morgan fingerprint density at radius 3 is 3.11 bits per heavy atom. The number of hydrogen-bond donors (Lipinski definition) is 2. The Bertz CT molecular complexity index is 301. The molecule has 0 bridgehead atoms. The molecule has 110 valence electrons. The molecule has 2 rings (SSSR count). The molecule has 0 aliphatic carbocycles. The van der Waals surface area contributed by atoms with Gasteiger partial charge >= 0.3 is 0 Å². The van der Waals surface area contributed by atoms with Crippen LogP contribution in [0.4, 0.5) is 0 Å². The van der Waals surface area contributed by atoms with Crippen molar-refractivity contribution >= 4 is 5.91 Å². The molecule has 0 aromatic rings. The smallest absolute Gasteiger partial charge is 0.237 e. The molecule has 2 heterocycles.